The number of carbonyl (C=O) groups is 1. The van der Waals surface area contributed by atoms with E-state index in [2.05, 4.69) is 0 Å². The Morgan fingerprint density at radius 2 is 1.58 bits per heavy atom. The first kappa shape index (κ1) is 13.3. The van der Waals surface area contributed by atoms with Crippen molar-refractivity contribution in [1.29, 1.82) is 0 Å². The van der Waals surface area contributed by atoms with Gasteiger partial charge in [0.15, 0.2) is 0 Å². The Morgan fingerprint density at radius 3 is 2.16 bits per heavy atom. The van der Waals surface area contributed by atoms with Gasteiger partial charge in [0.05, 0.1) is 6.10 Å². The van der Waals surface area contributed by atoms with Crippen LogP contribution in [0.25, 0.3) is 11.1 Å². The van der Waals surface area contributed by atoms with Crippen LogP contribution in [0.15, 0.2) is 54.6 Å². The van der Waals surface area contributed by atoms with Crippen LogP contribution in [0.2, 0.25) is 0 Å². The molecule has 0 aliphatic rings. The molecule has 2 rings (SSSR count). The standard InChI is InChI=1S/C16H17NO2/c17-16(19)11-10-15(18)14-8-6-13(7-9-14)12-4-2-1-3-5-12/h1-9,15,18H,10-11H2,(H2,17,19). The van der Waals surface area contributed by atoms with Crippen LogP contribution >= 0.6 is 0 Å². The maximum absolute atomic E-state index is 10.7. The van der Waals surface area contributed by atoms with E-state index in [9.17, 15) is 9.90 Å². The molecule has 3 heteroatoms. The predicted molar refractivity (Wildman–Crippen MR) is 75.3 cm³/mol. The van der Waals surface area contributed by atoms with Crippen molar-refractivity contribution in [3.05, 3.63) is 60.2 Å². The monoisotopic (exact) mass is 255 g/mol. The highest BCUT2D eigenvalue weighted by Gasteiger charge is 2.09. The zero-order chi connectivity index (χ0) is 13.7. The first-order valence-electron chi connectivity index (χ1n) is 6.28. The summed E-state index contributed by atoms with van der Waals surface area (Å²) in [6.45, 7) is 0. The molecule has 0 saturated carbocycles. The first-order valence-corrected chi connectivity index (χ1v) is 6.28. The molecule has 3 N–H and O–H groups in total. The zero-order valence-corrected chi connectivity index (χ0v) is 10.6. The average Bonchev–Trinajstić information content (AvgIpc) is 2.46. The summed E-state index contributed by atoms with van der Waals surface area (Å²) in [5.74, 6) is -0.389. The molecular weight excluding hydrogens is 238 g/mol. The Bertz CT molecular complexity index is 534. The molecular formula is C16H17NO2. The van der Waals surface area contributed by atoms with Crippen molar-refractivity contribution in [1.82, 2.24) is 0 Å². The van der Waals surface area contributed by atoms with E-state index in [1.165, 1.54) is 0 Å². The van der Waals surface area contributed by atoms with Crippen LogP contribution in [-0.2, 0) is 4.79 Å². The Hall–Kier alpha value is -2.13. The third-order valence-corrected chi connectivity index (χ3v) is 3.07. The van der Waals surface area contributed by atoms with Crippen LogP contribution in [0.4, 0.5) is 0 Å². The summed E-state index contributed by atoms with van der Waals surface area (Å²) in [7, 11) is 0. The Balaban J connectivity index is 2.08. The number of amides is 1. The summed E-state index contributed by atoms with van der Waals surface area (Å²) >= 11 is 0. The van der Waals surface area contributed by atoms with Gasteiger partial charge in [-0.3, -0.25) is 4.79 Å². The van der Waals surface area contributed by atoms with Crippen molar-refractivity contribution in [3.63, 3.8) is 0 Å². The average molecular weight is 255 g/mol. The molecule has 2 aromatic carbocycles. The smallest absolute Gasteiger partial charge is 0.217 e. The van der Waals surface area contributed by atoms with Crippen LogP contribution < -0.4 is 5.73 Å². The summed E-state index contributed by atoms with van der Waals surface area (Å²) in [6, 6.07) is 17.7. The molecule has 2 aromatic rings. The number of benzene rings is 2. The van der Waals surface area contributed by atoms with E-state index in [4.69, 9.17) is 5.73 Å². The number of hydrogen-bond acceptors (Lipinski definition) is 2. The topological polar surface area (TPSA) is 63.3 Å². The largest absolute Gasteiger partial charge is 0.388 e. The number of rotatable bonds is 5. The second-order valence-corrected chi connectivity index (χ2v) is 4.51. The minimum atomic E-state index is -0.641. The maximum Gasteiger partial charge on any atom is 0.217 e. The van der Waals surface area contributed by atoms with Crippen LogP contribution in [0, 0.1) is 0 Å². The molecule has 1 amide bonds. The number of aliphatic hydroxyl groups is 1. The molecule has 0 fully saturated rings. The minimum absolute atomic E-state index is 0.196. The third-order valence-electron chi connectivity index (χ3n) is 3.07. The van der Waals surface area contributed by atoms with Gasteiger partial charge in [0, 0.05) is 6.42 Å². The van der Waals surface area contributed by atoms with Gasteiger partial charge in [-0.25, -0.2) is 0 Å². The van der Waals surface area contributed by atoms with E-state index in [0.29, 0.717) is 6.42 Å². The predicted octanol–water partition coefficient (Wildman–Crippen LogP) is 2.65. The highest BCUT2D eigenvalue weighted by molar-refractivity contribution is 5.73. The van der Waals surface area contributed by atoms with Crippen LogP contribution in [0.5, 0.6) is 0 Å². The lowest BCUT2D eigenvalue weighted by molar-refractivity contribution is -0.118. The minimum Gasteiger partial charge on any atom is -0.388 e. The van der Waals surface area contributed by atoms with Gasteiger partial charge in [0.25, 0.3) is 0 Å². The summed E-state index contributed by atoms with van der Waals surface area (Å²) in [4.78, 5) is 10.7. The van der Waals surface area contributed by atoms with Gasteiger partial charge in [-0.2, -0.15) is 0 Å². The Labute approximate surface area is 112 Å². The first-order chi connectivity index (χ1) is 9.16. The van der Waals surface area contributed by atoms with Gasteiger partial charge < -0.3 is 10.8 Å². The van der Waals surface area contributed by atoms with Crippen molar-refractivity contribution in [3.8, 4) is 11.1 Å². The molecule has 0 bridgehead atoms. The lowest BCUT2D eigenvalue weighted by atomic mass is 10.00. The molecule has 0 aromatic heterocycles. The van der Waals surface area contributed by atoms with E-state index in [1.807, 2.05) is 54.6 Å². The molecule has 0 radical (unpaired) electrons. The molecule has 1 atom stereocenters. The molecule has 0 aliphatic carbocycles. The van der Waals surface area contributed by atoms with Gasteiger partial charge in [-0.15, -0.1) is 0 Å². The van der Waals surface area contributed by atoms with Gasteiger partial charge in [-0.05, 0) is 23.1 Å². The summed E-state index contributed by atoms with van der Waals surface area (Å²) < 4.78 is 0. The fraction of sp³-hybridized carbons (Fsp3) is 0.188. The fourth-order valence-electron chi connectivity index (χ4n) is 1.97. The van der Waals surface area contributed by atoms with Crippen molar-refractivity contribution in [2.24, 2.45) is 5.73 Å². The molecule has 19 heavy (non-hydrogen) atoms. The van der Waals surface area contributed by atoms with E-state index >= 15 is 0 Å². The van der Waals surface area contributed by atoms with E-state index in [1.54, 1.807) is 0 Å². The number of aliphatic hydroxyl groups excluding tert-OH is 1. The maximum atomic E-state index is 10.7. The summed E-state index contributed by atoms with van der Waals surface area (Å²) in [5.41, 5.74) is 8.12. The van der Waals surface area contributed by atoms with Gasteiger partial charge in [-0.1, -0.05) is 54.6 Å². The third kappa shape index (κ3) is 3.66. The lowest BCUT2D eigenvalue weighted by Crippen LogP contribution is -2.12. The highest BCUT2D eigenvalue weighted by atomic mass is 16.3. The van der Waals surface area contributed by atoms with Crippen molar-refractivity contribution in [2.45, 2.75) is 18.9 Å². The number of hydrogen-bond donors (Lipinski definition) is 2. The van der Waals surface area contributed by atoms with Crippen LogP contribution in [0.3, 0.4) is 0 Å². The lowest BCUT2D eigenvalue weighted by Gasteiger charge is -2.10. The number of carbonyl (C=O) groups excluding carboxylic acids is 1. The molecule has 3 nitrogen and oxygen atoms in total. The zero-order valence-electron chi connectivity index (χ0n) is 10.6. The van der Waals surface area contributed by atoms with Crippen molar-refractivity contribution < 1.29 is 9.90 Å². The molecule has 1 unspecified atom stereocenters. The van der Waals surface area contributed by atoms with Crippen LogP contribution in [-0.4, -0.2) is 11.0 Å². The summed E-state index contributed by atoms with van der Waals surface area (Å²) in [6.07, 6.45) is -0.0842. The molecule has 0 saturated heterocycles. The number of primary amides is 1. The SMILES string of the molecule is NC(=O)CCC(O)c1ccc(-c2ccccc2)cc1. The molecule has 0 heterocycles. The quantitative estimate of drug-likeness (QED) is 0.862. The Kier molecular flexibility index (Phi) is 4.31. The number of nitrogens with two attached hydrogens (primary N) is 1. The Morgan fingerprint density at radius 1 is 1.00 bits per heavy atom. The second kappa shape index (κ2) is 6.16. The molecule has 0 aliphatic heterocycles. The van der Waals surface area contributed by atoms with Gasteiger partial charge in [0.1, 0.15) is 0 Å². The van der Waals surface area contributed by atoms with Gasteiger partial charge >= 0.3 is 0 Å². The fourth-order valence-corrected chi connectivity index (χ4v) is 1.97. The van der Waals surface area contributed by atoms with Gasteiger partial charge in [0.2, 0.25) is 5.91 Å². The highest BCUT2D eigenvalue weighted by Crippen LogP contribution is 2.23. The van der Waals surface area contributed by atoms with Crippen molar-refractivity contribution >= 4 is 5.91 Å². The summed E-state index contributed by atoms with van der Waals surface area (Å²) in [5, 5.41) is 9.92. The molecule has 0 spiro atoms. The second-order valence-electron chi connectivity index (χ2n) is 4.51. The van der Waals surface area contributed by atoms with E-state index < -0.39 is 6.10 Å². The normalized spacial score (nSPS) is 12.1. The van der Waals surface area contributed by atoms with Crippen molar-refractivity contribution in [2.75, 3.05) is 0 Å². The van der Waals surface area contributed by atoms with E-state index in [0.717, 1.165) is 16.7 Å². The molecule has 98 valence electrons. The van der Waals surface area contributed by atoms with E-state index in [-0.39, 0.29) is 12.3 Å². The van der Waals surface area contributed by atoms with Crippen LogP contribution in [0.1, 0.15) is 24.5 Å².